The van der Waals surface area contributed by atoms with Crippen molar-refractivity contribution in [2.75, 3.05) is 0 Å². The largest absolute Gasteiger partial charge is 0.481 e. The van der Waals surface area contributed by atoms with Crippen LogP contribution in [0.2, 0.25) is 0 Å². The summed E-state index contributed by atoms with van der Waals surface area (Å²) in [4.78, 5) is 89.7. The molecule has 16 nitrogen and oxygen atoms in total. The highest BCUT2D eigenvalue weighted by atomic mass is 16.4. The number of hydrogen-bond acceptors (Lipinski definition) is 8. The molecule has 1 aromatic heterocycles. The SMILES string of the molecule is CC(C)[C@H](NC(=O)[C@H](CC(=O)O)NC(=O)[C@@H](NC(=O)[C@H](Cc1c[nH]c2ccccc12)NC(=O)[C@@H](N)CC(=O)O)C(C)C)C(=O)O. The molecule has 0 aliphatic rings. The molecule has 5 atom stereocenters. The number of hydrogen-bond donors (Lipinski definition) is 9. The number of nitrogens with two attached hydrogens (primary N) is 1. The Balaban J connectivity index is 2.32. The number of para-hydroxylation sites is 1. The van der Waals surface area contributed by atoms with Crippen LogP contribution < -0.4 is 27.0 Å². The van der Waals surface area contributed by atoms with Gasteiger partial charge in [-0.05, 0) is 23.5 Å². The maximum absolute atomic E-state index is 13.6. The Bertz CT molecular complexity index is 1420. The van der Waals surface area contributed by atoms with E-state index < -0.39 is 96.4 Å². The van der Waals surface area contributed by atoms with Gasteiger partial charge in [0.2, 0.25) is 23.6 Å². The van der Waals surface area contributed by atoms with E-state index in [1.54, 1.807) is 44.3 Å². The maximum atomic E-state index is 13.6. The van der Waals surface area contributed by atoms with E-state index in [1.165, 1.54) is 13.8 Å². The smallest absolute Gasteiger partial charge is 0.326 e. The number of aromatic nitrogens is 1. The zero-order valence-electron chi connectivity index (χ0n) is 25.3. The van der Waals surface area contributed by atoms with Crippen LogP contribution in [-0.2, 0) is 40.0 Å². The molecule has 2 rings (SSSR count). The second-order valence-electron chi connectivity index (χ2n) is 11.3. The lowest BCUT2D eigenvalue weighted by Gasteiger charge is -2.28. The van der Waals surface area contributed by atoms with E-state index in [0.29, 0.717) is 5.56 Å². The summed E-state index contributed by atoms with van der Waals surface area (Å²) >= 11 is 0. The first-order chi connectivity index (χ1) is 21.0. The summed E-state index contributed by atoms with van der Waals surface area (Å²) in [6, 6.07) is 0.00578. The number of fused-ring (bicyclic) bond motifs is 1. The summed E-state index contributed by atoms with van der Waals surface area (Å²) in [5.41, 5.74) is 7.09. The van der Waals surface area contributed by atoms with Gasteiger partial charge < -0.3 is 47.3 Å². The number of carbonyl (C=O) groups excluding carboxylic acids is 4. The van der Waals surface area contributed by atoms with E-state index in [2.05, 4.69) is 26.3 Å². The van der Waals surface area contributed by atoms with Crippen LogP contribution >= 0.6 is 0 Å². The van der Waals surface area contributed by atoms with Gasteiger partial charge in [0.1, 0.15) is 24.2 Å². The van der Waals surface area contributed by atoms with Crippen LogP contribution in [0, 0.1) is 11.8 Å². The van der Waals surface area contributed by atoms with Crippen LogP contribution in [0.15, 0.2) is 30.5 Å². The lowest BCUT2D eigenvalue weighted by molar-refractivity contribution is -0.144. The maximum Gasteiger partial charge on any atom is 0.326 e. The second-order valence-corrected chi connectivity index (χ2v) is 11.3. The van der Waals surface area contributed by atoms with Crippen molar-refractivity contribution in [1.82, 2.24) is 26.3 Å². The fourth-order valence-corrected chi connectivity index (χ4v) is 4.49. The van der Waals surface area contributed by atoms with Crippen LogP contribution in [0.3, 0.4) is 0 Å². The minimum Gasteiger partial charge on any atom is -0.481 e. The molecule has 10 N–H and O–H groups in total. The lowest BCUT2D eigenvalue weighted by Crippen LogP contribution is -2.60. The van der Waals surface area contributed by atoms with Crippen molar-refractivity contribution in [3.63, 3.8) is 0 Å². The molecular weight excluding hydrogens is 592 g/mol. The number of carboxylic acids is 3. The van der Waals surface area contributed by atoms with Crippen LogP contribution in [0.25, 0.3) is 10.9 Å². The number of aliphatic carboxylic acids is 3. The highest BCUT2D eigenvalue weighted by molar-refractivity contribution is 5.97. The number of amides is 4. The average molecular weight is 633 g/mol. The minimum atomic E-state index is -1.68. The van der Waals surface area contributed by atoms with Gasteiger partial charge in [0.05, 0.1) is 18.9 Å². The summed E-state index contributed by atoms with van der Waals surface area (Å²) in [6.45, 7) is 6.22. The summed E-state index contributed by atoms with van der Waals surface area (Å²) < 4.78 is 0. The molecule has 0 unspecified atom stereocenters. The molecular formula is C29H40N6O10. The van der Waals surface area contributed by atoms with E-state index >= 15 is 0 Å². The van der Waals surface area contributed by atoms with E-state index in [9.17, 15) is 43.8 Å². The first kappa shape index (κ1) is 36.2. The lowest BCUT2D eigenvalue weighted by atomic mass is 9.99. The van der Waals surface area contributed by atoms with Crippen LogP contribution in [0.1, 0.15) is 46.1 Å². The molecule has 0 aliphatic heterocycles. The van der Waals surface area contributed by atoms with Gasteiger partial charge in [-0.2, -0.15) is 0 Å². The third-order valence-corrected chi connectivity index (χ3v) is 6.95. The first-order valence-corrected chi connectivity index (χ1v) is 14.2. The summed E-state index contributed by atoms with van der Waals surface area (Å²) in [5, 5.41) is 38.0. The number of carbonyl (C=O) groups is 7. The van der Waals surface area contributed by atoms with Gasteiger partial charge in [0.25, 0.3) is 0 Å². The Morgan fingerprint density at radius 3 is 1.80 bits per heavy atom. The molecule has 0 radical (unpaired) electrons. The number of rotatable bonds is 17. The quantitative estimate of drug-likeness (QED) is 0.105. The van der Waals surface area contributed by atoms with Crippen LogP contribution in [-0.4, -0.2) is 92.0 Å². The summed E-state index contributed by atoms with van der Waals surface area (Å²) in [7, 11) is 0. The highest BCUT2D eigenvalue weighted by Gasteiger charge is 2.35. The number of carboxylic acid groups (broad SMARTS) is 3. The van der Waals surface area contributed by atoms with E-state index in [4.69, 9.17) is 10.8 Å². The van der Waals surface area contributed by atoms with Crippen molar-refractivity contribution >= 4 is 52.4 Å². The molecule has 45 heavy (non-hydrogen) atoms. The fourth-order valence-electron chi connectivity index (χ4n) is 4.49. The highest BCUT2D eigenvalue weighted by Crippen LogP contribution is 2.19. The summed E-state index contributed by atoms with van der Waals surface area (Å²) in [6.07, 6.45) is -0.0143. The molecule has 4 amide bonds. The molecule has 0 saturated carbocycles. The predicted molar refractivity (Wildman–Crippen MR) is 160 cm³/mol. The molecule has 0 bridgehead atoms. The average Bonchev–Trinajstić information content (AvgIpc) is 3.34. The Labute approximate surface area is 258 Å². The van der Waals surface area contributed by atoms with Gasteiger partial charge in [-0.1, -0.05) is 45.9 Å². The molecule has 0 fully saturated rings. The number of aromatic amines is 1. The van der Waals surface area contributed by atoms with Crippen molar-refractivity contribution in [2.45, 2.75) is 77.2 Å². The van der Waals surface area contributed by atoms with Gasteiger partial charge in [-0.15, -0.1) is 0 Å². The molecule has 246 valence electrons. The third-order valence-electron chi connectivity index (χ3n) is 6.95. The van der Waals surface area contributed by atoms with Gasteiger partial charge in [-0.25, -0.2) is 4.79 Å². The molecule has 0 saturated heterocycles. The Hall–Kier alpha value is -4.99. The van der Waals surface area contributed by atoms with Gasteiger partial charge in [-0.3, -0.25) is 28.8 Å². The minimum absolute atomic E-state index is 0.0797. The molecule has 1 aromatic carbocycles. The fraction of sp³-hybridized carbons (Fsp3) is 0.483. The van der Waals surface area contributed by atoms with Crippen molar-refractivity contribution in [2.24, 2.45) is 17.6 Å². The Morgan fingerprint density at radius 1 is 0.711 bits per heavy atom. The first-order valence-electron chi connectivity index (χ1n) is 14.2. The van der Waals surface area contributed by atoms with Crippen LogP contribution in [0.4, 0.5) is 0 Å². The topological polar surface area (TPSA) is 270 Å². The van der Waals surface area contributed by atoms with Crippen LogP contribution in [0.5, 0.6) is 0 Å². The van der Waals surface area contributed by atoms with Crippen molar-refractivity contribution in [1.29, 1.82) is 0 Å². The predicted octanol–water partition coefficient (Wildman–Crippen LogP) is -0.677. The standard InChI is InChI=1S/C29H40N6O10/c1-13(2)23(28(43)33-20(11-22(38)39)27(42)35-24(14(3)4)29(44)45)34-26(41)19(32-25(40)17(30)10-21(36)37)9-15-12-31-18-8-6-5-7-16(15)18/h5-8,12-14,17,19-20,23-24,31H,9-11,30H2,1-4H3,(H,32,40)(H,33,43)(H,34,41)(H,35,42)(H,36,37)(H,38,39)(H,44,45)/t17-,19-,20-,23-,24-/m0/s1. The second kappa shape index (κ2) is 16.2. The molecule has 1 heterocycles. The van der Waals surface area contributed by atoms with E-state index in [0.717, 1.165) is 10.9 Å². The number of nitrogens with one attached hydrogen (secondary N) is 5. The summed E-state index contributed by atoms with van der Waals surface area (Å²) in [5.74, 6) is -9.02. The number of benzene rings is 1. The normalized spacial score (nSPS) is 14.6. The zero-order chi connectivity index (χ0) is 34.0. The monoisotopic (exact) mass is 632 g/mol. The Kier molecular flexibility index (Phi) is 13.0. The van der Waals surface area contributed by atoms with Gasteiger partial charge >= 0.3 is 17.9 Å². The number of H-pyrrole nitrogens is 1. The van der Waals surface area contributed by atoms with Crippen molar-refractivity contribution < 1.29 is 48.9 Å². The van der Waals surface area contributed by atoms with Crippen molar-refractivity contribution in [3.05, 3.63) is 36.0 Å². The zero-order valence-corrected chi connectivity index (χ0v) is 25.3. The third kappa shape index (κ3) is 10.6. The molecule has 16 heteroatoms. The van der Waals surface area contributed by atoms with Gasteiger partial charge in [0, 0.05) is 23.5 Å². The van der Waals surface area contributed by atoms with E-state index in [-0.39, 0.29) is 6.42 Å². The van der Waals surface area contributed by atoms with Gasteiger partial charge in [0.15, 0.2) is 0 Å². The molecule has 0 spiro atoms. The molecule has 0 aliphatic carbocycles. The Morgan fingerprint density at radius 2 is 1.24 bits per heavy atom. The molecule has 2 aromatic rings. The van der Waals surface area contributed by atoms with E-state index in [1.807, 2.05) is 0 Å². The van der Waals surface area contributed by atoms with Crippen molar-refractivity contribution in [3.8, 4) is 0 Å².